The van der Waals surface area contributed by atoms with Crippen LogP contribution in [0.5, 0.6) is 0 Å². The molecule has 2 N–H and O–H groups in total. The topological polar surface area (TPSA) is 50.4 Å². The fraction of sp³-hybridized carbons (Fsp3) is 0.350. The van der Waals surface area contributed by atoms with Gasteiger partial charge in [0.15, 0.2) is 0 Å². The fourth-order valence-corrected chi connectivity index (χ4v) is 2.54. The third kappa shape index (κ3) is 7.69. The van der Waals surface area contributed by atoms with Gasteiger partial charge < -0.3 is 15.4 Å². The zero-order chi connectivity index (χ0) is 17.0. The van der Waals surface area contributed by atoms with Crippen molar-refractivity contribution < 1.29 is 9.53 Å². The molecule has 2 aromatic rings. The van der Waals surface area contributed by atoms with Crippen LogP contribution in [0.1, 0.15) is 21.5 Å². The molecule has 0 radical (unpaired) electrons. The van der Waals surface area contributed by atoms with E-state index in [2.05, 4.69) is 22.8 Å². The van der Waals surface area contributed by atoms with Gasteiger partial charge in [-0.2, -0.15) is 0 Å². The minimum absolute atomic E-state index is 0. The summed E-state index contributed by atoms with van der Waals surface area (Å²) in [6.07, 6.45) is 1.80. The molecule has 0 heterocycles. The van der Waals surface area contributed by atoms with Crippen LogP contribution >= 0.6 is 12.4 Å². The Balaban J connectivity index is 0.00000312. The number of hydrogen-bond acceptors (Lipinski definition) is 3. The van der Waals surface area contributed by atoms with E-state index in [-0.39, 0.29) is 18.3 Å². The van der Waals surface area contributed by atoms with Gasteiger partial charge in [0.1, 0.15) is 0 Å². The molecule has 0 unspecified atom stereocenters. The Hall–Kier alpha value is -1.88. The lowest BCUT2D eigenvalue weighted by molar-refractivity contribution is 0.0952. The molecular formula is C20H27ClN2O2. The lowest BCUT2D eigenvalue weighted by Crippen LogP contribution is -2.33. The maximum Gasteiger partial charge on any atom is 0.251 e. The summed E-state index contributed by atoms with van der Waals surface area (Å²) in [7, 11) is 1.68. The van der Waals surface area contributed by atoms with E-state index in [9.17, 15) is 4.79 Å². The van der Waals surface area contributed by atoms with Crippen LogP contribution in [-0.4, -0.2) is 39.3 Å². The van der Waals surface area contributed by atoms with Gasteiger partial charge in [-0.05, 0) is 30.0 Å². The van der Waals surface area contributed by atoms with Gasteiger partial charge in [0, 0.05) is 32.3 Å². The fourth-order valence-electron chi connectivity index (χ4n) is 2.54. The number of nitrogens with one attached hydrogen (secondary N) is 2. The highest BCUT2D eigenvalue weighted by Crippen LogP contribution is 2.12. The van der Waals surface area contributed by atoms with E-state index >= 15 is 0 Å². The van der Waals surface area contributed by atoms with E-state index < -0.39 is 0 Å². The molecule has 0 atom stereocenters. The average molecular weight is 363 g/mol. The molecule has 0 aliphatic carbocycles. The third-order valence-electron chi connectivity index (χ3n) is 3.86. The molecule has 0 spiro atoms. The van der Waals surface area contributed by atoms with Gasteiger partial charge in [-0.15, -0.1) is 12.4 Å². The summed E-state index contributed by atoms with van der Waals surface area (Å²) in [5.74, 6) is -0.00722. The molecule has 0 fully saturated rings. The zero-order valence-electron chi connectivity index (χ0n) is 14.7. The van der Waals surface area contributed by atoms with Crippen LogP contribution in [0.15, 0.2) is 54.6 Å². The van der Waals surface area contributed by atoms with E-state index in [0.717, 1.165) is 37.1 Å². The van der Waals surface area contributed by atoms with Crippen LogP contribution in [0.25, 0.3) is 0 Å². The minimum atomic E-state index is -0.00722. The SMILES string of the molecule is COCCNCCNC(=O)c1ccccc1CCc1ccccc1.Cl. The molecule has 2 aromatic carbocycles. The monoisotopic (exact) mass is 362 g/mol. The number of halogens is 1. The summed E-state index contributed by atoms with van der Waals surface area (Å²) in [6.45, 7) is 2.81. The summed E-state index contributed by atoms with van der Waals surface area (Å²) < 4.78 is 4.97. The molecular weight excluding hydrogens is 336 g/mol. The maximum atomic E-state index is 12.4. The molecule has 0 bridgehead atoms. The number of ether oxygens (including phenoxy) is 1. The van der Waals surface area contributed by atoms with Gasteiger partial charge in [-0.25, -0.2) is 0 Å². The van der Waals surface area contributed by atoms with Gasteiger partial charge in [0.05, 0.1) is 6.61 Å². The second-order valence-electron chi connectivity index (χ2n) is 5.64. The summed E-state index contributed by atoms with van der Waals surface area (Å²) in [6, 6.07) is 18.2. The summed E-state index contributed by atoms with van der Waals surface area (Å²) in [5, 5.41) is 6.19. The number of methoxy groups -OCH3 is 1. The van der Waals surface area contributed by atoms with Gasteiger partial charge >= 0.3 is 0 Å². The lowest BCUT2D eigenvalue weighted by atomic mass is 9.99. The largest absolute Gasteiger partial charge is 0.383 e. The van der Waals surface area contributed by atoms with Crippen molar-refractivity contribution in [3.8, 4) is 0 Å². The summed E-state index contributed by atoms with van der Waals surface area (Å²) in [5.41, 5.74) is 3.14. The molecule has 4 nitrogen and oxygen atoms in total. The Morgan fingerprint density at radius 2 is 1.64 bits per heavy atom. The number of carbonyl (C=O) groups excluding carboxylic acids is 1. The Kier molecular flexibility index (Phi) is 10.6. The van der Waals surface area contributed by atoms with E-state index in [1.54, 1.807) is 7.11 Å². The van der Waals surface area contributed by atoms with Crippen molar-refractivity contribution in [2.75, 3.05) is 33.4 Å². The van der Waals surface area contributed by atoms with Crippen LogP contribution in [0.2, 0.25) is 0 Å². The van der Waals surface area contributed by atoms with E-state index in [0.29, 0.717) is 13.2 Å². The van der Waals surface area contributed by atoms with E-state index in [4.69, 9.17) is 4.74 Å². The van der Waals surface area contributed by atoms with E-state index in [1.165, 1.54) is 5.56 Å². The first kappa shape index (κ1) is 21.2. The Bertz CT molecular complexity index is 620. The molecule has 1 amide bonds. The Morgan fingerprint density at radius 3 is 2.40 bits per heavy atom. The number of aryl methyl sites for hydroxylation is 2. The zero-order valence-corrected chi connectivity index (χ0v) is 15.5. The summed E-state index contributed by atoms with van der Waals surface area (Å²) in [4.78, 5) is 12.4. The Morgan fingerprint density at radius 1 is 0.920 bits per heavy atom. The van der Waals surface area contributed by atoms with Crippen LogP contribution in [0.4, 0.5) is 0 Å². The number of hydrogen-bond donors (Lipinski definition) is 2. The molecule has 0 saturated heterocycles. The van der Waals surface area contributed by atoms with E-state index in [1.807, 2.05) is 42.5 Å². The minimum Gasteiger partial charge on any atom is -0.383 e. The van der Waals surface area contributed by atoms with Crippen LogP contribution in [0, 0.1) is 0 Å². The van der Waals surface area contributed by atoms with Crippen LogP contribution in [0.3, 0.4) is 0 Å². The normalized spacial score (nSPS) is 10.1. The second kappa shape index (κ2) is 12.5. The first-order valence-electron chi connectivity index (χ1n) is 8.41. The Labute approximate surface area is 156 Å². The highest BCUT2D eigenvalue weighted by atomic mass is 35.5. The van der Waals surface area contributed by atoms with Crippen molar-refractivity contribution in [2.45, 2.75) is 12.8 Å². The van der Waals surface area contributed by atoms with Crippen molar-refractivity contribution >= 4 is 18.3 Å². The smallest absolute Gasteiger partial charge is 0.251 e. The molecule has 0 aromatic heterocycles. The summed E-state index contributed by atoms with van der Waals surface area (Å²) >= 11 is 0. The maximum absolute atomic E-state index is 12.4. The van der Waals surface area contributed by atoms with Crippen molar-refractivity contribution in [3.63, 3.8) is 0 Å². The molecule has 25 heavy (non-hydrogen) atoms. The third-order valence-corrected chi connectivity index (χ3v) is 3.86. The van der Waals surface area contributed by atoms with Crippen LogP contribution in [-0.2, 0) is 17.6 Å². The van der Waals surface area contributed by atoms with Gasteiger partial charge in [-0.3, -0.25) is 4.79 Å². The van der Waals surface area contributed by atoms with Crippen molar-refractivity contribution in [3.05, 3.63) is 71.3 Å². The number of benzene rings is 2. The van der Waals surface area contributed by atoms with Gasteiger partial charge in [-0.1, -0.05) is 48.5 Å². The lowest BCUT2D eigenvalue weighted by Gasteiger charge is -2.11. The standard InChI is InChI=1S/C20H26N2O2.ClH/c1-24-16-15-21-13-14-22-20(23)19-10-6-5-9-18(19)12-11-17-7-3-2-4-8-17;/h2-10,21H,11-16H2,1H3,(H,22,23);1H. The number of carbonyl (C=O) groups is 1. The van der Waals surface area contributed by atoms with Crippen molar-refractivity contribution in [1.82, 2.24) is 10.6 Å². The quantitative estimate of drug-likeness (QED) is 0.639. The second-order valence-corrected chi connectivity index (χ2v) is 5.64. The highest BCUT2D eigenvalue weighted by Gasteiger charge is 2.10. The van der Waals surface area contributed by atoms with Gasteiger partial charge in [0.2, 0.25) is 0 Å². The predicted octanol–water partition coefficient (Wildman–Crippen LogP) is 2.86. The molecule has 2 rings (SSSR count). The first-order valence-corrected chi connectivity index (χ1v) is 8.41. The molecule has 0 saturated carbocycles. The van der Waals surface area contributed by atoms with Crippen molar-refractivity contribution in [2.24, 2.45) is 0 Å². The number of amides is 1. The molecule has 136 valence electrons. The van der Waals surface area contributed by atoms with Crippen LogP contribution < -0.4 is 10.6 Å². The van der Waals surface area contributed by atoms with Crippen molar-refractivity contribution in [1.29, 1.82) is 0 Å². The number of rotatable bonds is 10. The van der Waals surface area contributed by atoms with Gasteiger partial charge in [0.25, 0.3) is 5.91 Å². The molecule has 0 aliphatic rings. The average Bonchev–Trinajstić information content (AvgIpc) is 2.64. The first-order chi connectivity index (χ1) is 11.8. The predicted molar refractivity (Wildman–Crippen MR) is 105 cm³/mol. The highest BCUT2D eigenvalue weighted by molar-refractivity contribution is 5.95. The molecule has 0 aliphatic heterocycles. The molecule has 5 heteroatoms.